The predicted molar refractivity (Wildman–Crippen MR) is 72.7 cm³/mol. The Bertz CT molecular complexity index is 540. The maximum Gasteiger partial charge on any atom is 0.245 e. The zero-order valence-corrected chi connectivity index (χ0v) is 11.7. The van der Waals surface area contributed by atoms with Crippen LogP contribution in [0.2, 0.25) is 0 Å². The molecule has 1 aliphatic rings. The van der Waals surface area contributed by atoms with Gasteiger partial charge in [-0.1, -0.05) is 13.0 Å². The van der Waals surface area contributed by atoms with Gasteiger partial charge in [0.1, 0.15) is 4.90 Å². The number of hydrogen-bond acceptors (Lipinski definition) is 3. The van der Waals surface area contributed by atoms with Crippen molar-refractivity contribution in [2.24, 2.45) is 5.92 Å². The summed E-state index contributed by atoms with van der Waals surface area (Å²) in [5, 5.41) is 0. The van der Waals surface area contributed by atoms with Gasteiger partial charge in [0.2, 0.25) is 10.0 Å². The number of nitrogens with two attached hydrogens (primary N) is 1. The van der Waals surface area contributed by atoms with Gasteiger partial charge >= 0.3 is 0 Å². The van der Waals surface area contributed by atoms with Crippen LogP contribution >= 0.6 is 0 Å². The van der Waals surface area contributed by atoms with Crippen molar-refractivity contribution >= 4 is 15.7 Å². The Kier molecular flexibility index (Phi) is 3.64. The summed E-state index contributed by atoms with van der Waals surface area (Å²) in [5.41, 5.74) is 7.15. The van der Waals surface area contributed by atoms with Crippen molar-refractivity contribution in [2.75, 3.05) is 18.8 Å². The normalized spacial score (nSPS) is 22.0. The first-order chi connectivity index (χ1) is 8.41. The van der Waals surface area contributed by atoms with E-state index in [1.807, 2.05) is 6.92 Å². The smallest absolute Gasteiger partial charge is 0.245 e. The topological polar surface area (TPSA) is 63.4 Å². The standard InChI is InChI=1S/C13H20N2O2S/c1-10-5-6-13(12(14)8-10)18(16,17)15-7-3-4-11(2)9-15/h5-6,8,11H,3-4,7,9,14H2,1-2H3. The van der Waals surface area contributed by atoms with E-state index < -0.39 is 10.0 Å². The van der Waals surface area contributed by atoms with Crippen molar-refractivity contribution in [3.63, 3.8) is 0 Å². The van der Waals surface area contributed by atoms with Crippen LogP contribution in [0.15, 0.2) is 23.1 Å². The van der Waals surface area contributed by atoms with E-state index >= 15 is 0 Å². The van der Waals surface area contributed by atoms with Crippen LogP contribution in [0.4, 0.5) is 5.69 Å². The molecular weight excluding hydrogens is 248 g/mol. The number of nitrogens with zero attached hydrogens (tertiary/aromatic N) is 1. The SMILES string of the molecule is Cc1ccc(S(=O)(=O)N2CCCC(C)C2)c(N)c1. The molecule has 0 aromatic heterocycles. The Morgan fingerprint density at radius 2 is 2.11 bits per heavy atom. The molecule has 2 N–H and O–H groups in total. The molecule has 0 spiro atoms. The molecule has 18 heavy (non-hydrogen) atoms. The molecular formula is C13H20N2O2S. The van der Waals surface area contributed by atoms with E-state index in [0.717, 1.165) is 18.4 Å². The number of piperidine rings is 1. The first kappa shape index (κ1) is 13.4. The molecule has 1 aliphatic heterocycles. The number of nitrogen functional groups attached to an aromatic ring is 1. The second kappa shape index (κ2) is 4.90. The maximum atomic E-state index is 12.5. The fourth-order valence-corrected chi connectivity index (χ4v) is 4.10. The lowest BCUT2D eigenvalue weighted by molar-refractivity contribution is 0.281. The molecule has 1 heterocycles. The zero-order chi connectivity index (χ0) is 13.3. The lowest BCUT2D eigenvalue weighted by Crippen LogP contribution is -2.39. The average molecular weight is 268 g/mol. The molecule has 2 rings (SSSR count). The van der Waals surface area contributed by atoms with E-state index in [1.54, 1.807) is 22.5 Å². The molecule has 0 bridgehead atoms. The van der Waals surface area contributed by atoms with Gasteiger partial charge in [-0.15, -0.1) is 0 Å². The van der Waals surface area contributed by atoms with Gasteiger partial charge < -0.3 is 5.73 Å². The van der Waals surface area contributed by atoms with Crippen molar-refractivity contribution in [1.29, 1.82) is 0 Å². The van der Waals surface area contributed by atoms with E-state index in [0.29, 0.717) is 24.7 Å². The van der Waals surface area contributed by atoms with E-state index in [4.69, 9.17) is 5.73 Å². The molecule has 0 amide bonds. The predicted octanol–water partition coefficient (Wildman–Crippen LogP) is 2.00. The minimum absolute atomic E-state index is 0.238. The summed E-state index contributed by atoms with van der Waals surface area (Å²) >= 11 is 0. The molecule has 1 fully saturated rings. The van der Waals surface area contributed by atoms with Crippen LogP contribution < -0.4 is 5.73 Å². The van der Waals surface area contributed by atoms with Crippen molar-refractivity contribution in [3.8, 4) is 0 Å². The van der Waals surface area contributed by atoms with Gasteiger partial charge in [0.25, 0.3) is 0 Å². The van der Waals surface area contributed by atoms with E-state index in [2.05, 4.69) is 6.92 Å². The van der Waals surface area contributed by atoms with Crippen LogP contribution in [-0.2, 0) is 10.0 Å². The first-order valence-electron chi connectivity index (χ1n) is 6.27. The van der Waals surface area contributed by atoms with Gasteiger partial charge in [-0.05, 0) is 43.4 Å². The average Bonchev–Trinajstić information content (AvgIpc) is 2.28. The summed E-state index contributed by atoms with van der Waals surface area (Å²) in [6.07, 6.45) is 2.02. The molecule has 1 saturated heterocycles. The molecule has 5 heteroatoms. The van der Waals surface area contributed by atoms with E-state index in [-0.39, 0.29) is 4.90 Å². The Morgan fingerprint density at radius 1 is 1.39 bits per heavy atom. The fourth-order valence-electron chi connectivity index (χ4n) is 2.41. The van der Waals surface area contributed by atoms with Gasteiger partial charge in [0.05, 0.1) is 5.69 Å². The third-order valence-electron chi connectivity index (χ3n) is 3.40. The van der Waals surface area contributed by atoms with Crippen LogP contribution in [0.1, 0.15) is 25.3 Å². The van der Waals surface area contributed by atoms with Crippen LogP contribution in [0.3, 0.4) is 0 Å². The van der Waals surface area contributed by atoms with Crippen LogP contribution in [-0.4, -0.2) is 25.8 Å². The van der Waals surface area contributed by atoms with Crippen molar-refractivity contribution in [2.45, 2.75) is 31.6 Å². The number of benzene rings is 1. The van der Waals surface area contributed by atoms with E-state index in [9.17, 15) is 8.42 Å². The summed E-state index contributed by atoms with van der Waals surface area (Å²) in [4.78, 5) is 0.238. The summed E-state index contributed by atoms with van der Waals surface area (Å²) in [6, 6.07) is 5.11. The maximum absolute atomic E-state index is 12.5. The highest BCUT2D eigenvalue weighted by molar-refractivity contribution is 7.89. The monoisotopic (exact) mass is 268 g/mol. The highest BCUT2D eigenvalue weighted by Crippen LogP contribution is 2.27. The number of anilines is 1. The highest BCUT2D eigenvalue weighted by atomic mass is 32.2. The van der Waals surface area contributed by atoms with Crippen LogP contribution in [0.25, 0.3) is 0 Å². The van der Waals surface area contributed by atoms with Gasteiger partial charge in [0, 0.05) is 13.1 Å². The Balaban J connectivity index is 2.35. The Hall–Kier alpha value is -1.07. The summed E-state index contributed by atoms with van der Waals surface area (Å²) in [5.74, 6) is 0.417. The van der Waals surface area contributed by atoms with Crippen molar-refractivity contribution in [1.82, 2.24) is 4.31 Å². The Morgan fingerprint density at radius 3 is 2.72 bits per heavy atom. The zero-order valence-electron chi connectivity index (χ0n) is 10.9. The Labute approximate surface area is 109 Å². The molecule has 4 nitrogen and oxygen atoms in total. The molecule has 1 atom stereocenters. The largest absolute Gasteiger partial charge is 0.398 e. The first-order valence-corrected chi connectivity index (χ1v) is 7.71. The second-order valence-corrected chi connectivity index (χ2v) is 7.06. The minimum Gasteiger partial charge on any atom is -0.398 e. The van der Waals surface area contributed by atoms with Gasteiger partial charge in [-0.25, -0.2) is 8.42 Å². The second-order valence-electron chi connectivity index (χ2n) is 5.15. The molecule has 0 saturated carbocycles. The van der Waals surface area contributed by atoms with Crippen LogP contribution in [0, 0.1) is 12.8 Å². The molecule has 0 aliphatic carbocycles. The molecule has 1 aromatic carbocycles. The summed E-state index contributed by atoms with van der Waals surface area (Å²) < 4.78 is 26.6. The molecule has 1 aromatic rings. The third-order valence-corrected chi connectivity index (χ3v) is 5.34. The summed E-state index contributed by atoms with van der Waals surface area (Å²) in [7, 11) is -3.43. The number of hydrogen-bond donors (Lipinski definition) is 1. The third kappa shape index (κ3) is 2.52. The van der Waals surface area contributed by atoms with Crippen LogP contribution in [0.5, 0.6) is 0 Å². The number of aryl methyl sites for hydroxylation is 1. The lowest BCUT2D eigenvalue weighted by atomic mass is 10.0. The lowest BCUT2D eigenvalue weighted by Gasteiger charge is -2.30. The molecule has 0 radical (unpaired) electrons. The minimum atomic E-state index is -3.43. The number of sulfonamides is 1. The van der Waals surface area contributed by atoms with E-state index in [1.165, 1.54) is 0 Å². The molecule has 100 valence electrons. The highest BCUT2D eigenvalue weighted by Gasteiger charge is 2.29. The van der Waals surface area contributed by atoms with Gasteiger partial charge in [-0.3, -0.25) is 0 Å². The quantitative estimate of drug-likeness (QED) is 0.834. The fraction of sp³-hybridized carbons (Fsp3) is 0.538. The van der Waals surface area contributed by atoms with Crippen molar-refractivity contribution in [3.05, 3.63) is 23.8 Å². The van der Waals surface area contributed by atoms with Crippen molar-refractivity contribution < 1.29 is 8.42 Å². The number of rotatable bonds is 2. The van der Waals surface area contributed by atoms with Gasteiger partial charge in [-0.2, -0.15) is 4.31 Å². The molecule has 1 unspecified atom stereocenters. The van der Waals surface area contributed by atoms with Gasteiger partial charge in [0.15, 0.2) is 0 Å². The summed E-state index contributed by atoms with van der Waals surface area (Å²) in [6.45, 7) is 5.17.